The Kier molecular flexibility index (Phi) is 10.3. The molecule has 3 heteroatoms. The summed E-state index contributed by atoms with van der Waals surface area (Å²) in [6, 6.07) is 0. The van der Waals surface area contributed by atoms with E-state index < -0.39 is 19.8 Å². The van der Waals surface area contributed by atoms with Gasteiger partial charge in [-0.05, 0) is 13.0 Å². The number of fused-ring (bicyclic) bond motifs is 6. The number of unbranched alkanes of at least 4 members (excludes halogenated alkanes) is 3. The van der Waals surface area contributed by atoms with Crippen LogP contribution in [-0.4, -0.2) is 31.7 Å². The summed E-state index contributed by atoms with van der Waals surface area (Å²) in [6.45, 7) is 0.833. The van der Waals surface area contributed by atoms with Crippen molar-refractivity contribution in [1.82, 2.24) is 0 Å². The number of hydrogen-bond donors (Lipinski definition) is 1. The van der Waals surface area contributed by atoms with Gasteiger partial charge in [-0.3, -0.25) is 0 Å². The molecule has 136 valence electrons. The second-order valence-corrected chi connectivity index (χ2v) is 19.0. The molecule has 0 amide bonds. The van der Waals surface area contributed by atoms with Gasteiger partial charge in [0.1, 0.15) is 0 Å². The van der Waals surface area contributed by atoms with Gasteiger partial charge in [-0.1, -0.05) is 0 Å². The monoisotopic (exact) mass is 449 g/mol. The Bertz CT molecular complexity index is 283. The third-order valence-electron chi connectivity index (χ3n) is 6.65. The first-order valence-corrected chi connectivity index (χ1v) is 18.0. The van der Waals surface area contributed by atoms with Crippen molar-refractivity contribution >= 4 is 31.4 Å². The summed E-state index contributed by atoms with van der Waals surface area (Å²) in [7, 11) is 0. The Morgan fingerprint density at radius 1 is 0.826 bits per heavy atom. The molecule has 3 saturated heterocycles. The molecular weight excluding hydrogens is 408 g/mol. The fraction of sp³-hybridized carbons (Fsp3) is 1.00. The second kappa shape index (κ2) is 11.6. The van der Waals surface area contributed by atoms with E-state index in [1.54, 1.807) is 51.8 Å². The first kappa shape index (κ1) is 20.4. The van der Waals surface area contributed by atoms with Gasteiger partial charge in [0.2, 0.25) is 0 Å². The van der Waals surface area contributed by atoms with Crippen molar-refractivity contribution in [3.63, 3.8) is 0 Å². The summed E-state index contributed by atoms with van der Waals surface area (Å²) in [5.41, 5.74) is 6.30. The molecular formula is C20H40ClNSn. The Labute approximate surface area is 157 Å². The molecule has 1 atom stereocenters. The molecule has 0 spiro atoms. The zero-order valence-electron chi connectivity index (χ0n) is 15.3. The molecule has 0 radical (unpaired) electrons. The van der Waals surface area contributed by atoms with Gasteiger partial charge in [-0.2, -0.15) is 0 Å². The van der Waals surface area contributed by atoms with E-state index in [1.165, 1.54) is 44.9 Å². The molecule has 3 rings (SSSR count). The molecule has 2 N–H and O–H groups in total. The third kappa shape index (κ3) is 7.86. The number of hydrogen-bond acceptors (Lipinski definition) is 1. The molecule has 0 saturated carbocycles. The van der Waals surface area contributed by atoms with Crippen LogP contribution in [0.3, 0.4) is 0 Å². The van der Waals surface area contributed by atoms with Gasteiger partial charge >= 0.3 is 139 Å². The summed E-state index contributed by atoms with van der Waals surface area (Å²) in [5.74, 6) is 0. The summed E-state index contributed by atoms with van der Waals surface area (Å²) in [6.07, 6.45) is 19.9. The number of nitrogens with two attached hydrogens (primary N) is 1. The predicted molar refractivity (Wildman–Crippen MR) is 107 cm³/mol. The first-order valence-electron chi connectivity index (χ1n) is 10.6. The average Bonchev–Trinajstić information content (AvgIpc) is 2.48. The molecule has 3 aliphatic heterocycles. The van der Waals surface area contributed by atoms with Crippen LogP contribution in [0.25, 0.3) is 0 Å². The summed E-state index contributed by atoms with van der Waals surface area (Å²) >= 11 is 5.53. The molecule has 0 aromatic heterocycles. The first-order chi connectivity index (χ1) is 11.2. The standard InChI is InChI=1S/C20H39ClN.Sn.H/c1-4-14-20(15-5-2,16-6-3)17-10-9-13-19(21)12-8-7-11-18-22;;/h19H,1-18,22H2;;. The Morgan fingerprint density at radius 3 is 1.96 bits per heavy atom. The molecule has 2 bridgehead atoms. The van der Waals surface area contributed by atoms with E-state index >= 15 is 0 Å². The SMILES string of the molecule is NCCCCCC(Cl)CCCCC12CC[CH2][SnH]([CH2]CC1)[CH2]CC2. The van der Waals surface area contributed by atoms with E-state index in [1.807, 2.05) is 0 Å². The summed E-state index contributed by atoms with van der Waals surface area (Å²) < 4.78 is 5.20. The van der Waals surface area contributed by atoms with E-state index in [0.29, 0.717) is 5.38 Å². The number of alkyl halides is 1. The van der Waals surface area contributed by atoms with Crippen molar-refractivity contribution in [2.24, 2.45) is 11.1 Å². The molecule has 1 nitrogen and oxygen atoms in total. The van der Waals surface area contributed by atoms with Crippen LogP contribution in [0.2, 0.25) is 13.3 Å². The van der Waals surface area contributed by atoms with Crippen molar-refractivity contribution in [1.29, 1.82) is 0 Å². The zero-order valence-corrected chi connectivity index (χ0v) is 19.4. The van der Waals surface area contributed by atoms with Gasteiger partial charge < -0.3 is 5.73 Å². The van der Waals surface area contributed by atoms with Crippen LogP contribution < -0.4 is 5.73 Å². The normalized spacial score (nSPS) is 29.7. The Morgan fingerprint density at radius 2 is 1.39 bits per heavy atom. The maximum absolute atomic E-state index is 6.51. The zero-order chi connectivity index (χ0) is 16.4. The summed E-state index contributed by atoms with van der Waals surface area (Å²) in [4.78, 5) is 0. The van der Waals surface area contributed by atoms with Gasteiger partial charge in [-0.15, -0.1) is 0 Å². The van der Waals surface area contributed by atoms with E-state index in [4.69, 9.17) is 17.3 Å². The fourth-order valence-electron chi connectivity index (χ4n) is 5.18. The van der Waals surface area contributed by atoms with Crippen LogP contribution in [0, 0.1) is 5.41 Å². The van der Waals surface area contributed by atoms with Crippen molar-refractivity contribution in [2.45, 2.75) is 109 Å². The van der Waals surface area contributed by atoms with Crippen molar-refractivity contribution in [3.8, 4) is 0 Å². The second-order valence-electron chi connectivity index (χ2n) is 8.52. The van der Waals surface area contributed by atoms with Crippen LogP contribution in [-0.2, 0) is 0 Å². The van der Waals surface area contributed by atoms with Crippen molar-refractivity contribution in [2.75, 3.05) is 6.54 Å². The molecule has 0 aromatic carbocycles. The quantitative estimate of drug-likeness (QED) is 0.238. The maximum atomic E-state index is 6.51. The van der Waals surface area contributed by atoms with Crippen LogP contribution >= 0.6 is 11.6 Å². The van der Waals surface area contributed by atoms with Crippen LogP contribution in [0.15, 0.2) is 0 Å². The molecule has 3 heterocycles. The molecule has 0 aromatic rings. The average molecular weight is 449 g/mol. The molecule has 3 aliphatic rings. The van der Waals surface area contributed by atoms with Crippen molar-refractivity contribution < 1.29 is 0 Å². The minimum atomic E-state index is -0.976. The van der Waals surface area contributed by atoms with Gasteiger partial charge in [0.15, 0.2) is 0 Å². The molecule has 3 fully saturated rings. The van der Waals surface area contributed by atoms with Crippen LogP contribution in [0.5, 0.6) is 0 Å². The van der Waals surface area contributed by atoms with Crippen LogP contribution in [0.4, 0.5) is 0 Å². The number of rotatable bonds is 10. The molecule has 1 unspecified atom stereocenters. The van der Waals surface area contributed by atoms with E-state index in [2.05, 4.69) is 0 Å². The van der Waals surface area contributed by atoms with Gasteiger partial charge in [-0.25, -0.2) is 0 Å². The van der Waals surface area contributed by atoms with Gasteiger partial charge in [0.05, 0.1) is 0 Å². The molecule has 23 heavy (non-hydrogen) atoms. The van der Waals surface area contributed by atoms with E-state index in [-0.39, 0.29) is 0 Å². The van der Waals surface area contributed by atoms with E-state index in [0.717, 1.165) is 18.4 Å². The van der Waals surface area contributed by atoms with Gasteiger partial charge in [0.25, 0.3) is 0 Å². The van der Waals surface area contributed by atoms with E-state index in [9.17, 15) is 0 Å². The molecule has 0 aliphatic carbocycles. The fourth-order valence-corrected chi connectivity index (χ4v) is 14.6. The Balaban J connectivity index is 1.62. The Hall–Kier alpha value is 1.05. The van der Waals surface area contributed by atoms with Crippen molar-refractivity contribution in [3.05, 3.63) is 0 Å². The third-order valence-corrected chi connectivity index (χ3v) is 17.6. The van der Waals surface area contributed by atoms with Crippen LogP contribution in [0.1, 0.15) is 89.9 Å². The minimum absolute atomic E-state index is 0.412. The predicted octanol–water partition coefficient (Wildman–Crippen LogP) is 6.25. The summed E-state index contributed by atoms with van der Waals surface area (Å²) in [5, 5.41) is 0.412. The van der Waals surface area contributed by atoms with Gasteiger partial charge in [0, 0.05) is 0 Å². The number of halogens is 1. The topological polar surface area (TPSA) is 26.0 Å².